The highest BCUT2D eigenvalue weighted by atomic mass is 16.2. The van der Waals surface area contributed by atoms with Crippen LogP contribution in [-0.2, 0) is 16.0 Å². The molecule has 1 aromatic rings. The first-order valence-corrected chi connectivity index (χ1v) is 8.76. The monoisotopic (exact) mass is 329 g/mol. The summed E-state index contributed by atoms with van der Waals surface area (Å²) in [5.41, 5.74) is 0.241. The van der Waals surface area contributed by atoms with Crippen molar-refractivity contribution in [1.82, 2.24) is 15.6 Å². The molecule has 0 bridgehead atoms. The summed E-state index contributed by atoms with van der Waals surface area (Å²) in [5, 5.41) is 5.87. The molecule has 0 radical (unpaired) electrons. The van der Waals surface area contributed by atoms with E-state index in [0.29, 0.717) is 25.8 Å². The van der Waals surface area contributed by atoms with E-state index in [1.807, 2.05) is 18.2 Å². The van der Waals surface area contributed by atoms with Crippen LogP contribution in [0.3, 0.4) is 0 Å². The number of carbonyl (C=O) groups is 2. The third-order valence-electron chi connectivity index (χ3n) is 4.49. The quantitative estimate of drug-likeness (QED) is 0.720. The van der Waals surface area contributed by atoms with Crippen LogP contribution in [0.15, 0.2) is 37.1 Å². The molecule has 0 aromatic carbocycles. The Morgan fingerprint density at radius 2 is 2.04 bits per heavy atom. The van der Waals surface area contributed by atoms with E-state index in [2.05, 4.69) is 22.2 Å². The molecule has 1 aliphatic rings. The standard InChI is InChI=1S/C19H27N3O2/c1-2-14-21-18(24)19(12-5-3-6-13-19)22-17(23)11-8-10-16-9-4-7-15-20-16/h2,4,7,9,15H,1,3,5-6,8,10-14H2,(H,21,24)(H,22,23). The first-order valence-electron chi connectivity index (χ1n) is 8.76. The third kappa shape index (κ3) is 5.18. The Kier molecular flexibility index (Phi) is 6.97. The highest BCUT2D eigenvalue weighted by molar-refractivity contribution is 5.91. The maximum atomic E-state index is 12.5. The summed E-state index contributed by atoms with van der Waals surface area (Å²) < 4.78 is 0. The average Bonchev–Trinajstić information content (AvgIpc) is 2.61. The van der Waals surface area contributed by atoms with Crippen molar-refractivity contribution >= 4 is 11.8 Å². The van der Waals surface area contributed by atoms with E-state index < -0.39 is 5.54 Å². The number of carbonyl (C=O) groups excluding carboxylic acids is 2. The van der Waals surface area contributed by atoms with Gasteiger partial charge in [0.2, 0.25) is 11.8 Å². The molecule has 24 heavy (non-hydrogen) atoms. The molecule has 1 fully saturated rings. The minimum Gasteiger partial charge on any atom is -0.351 e. The molecule has 0 unspecified atom stereocenters. The molecule has 2 amide bonds. The molecule has 1 aromatic heterocycles. The van der Waals surface area contributed by atoms with Gasteiger partial charge in [-0.05, 0) is 37.8 Å². The van der Waals surface area contributed by atoms with Crippen molar-refractivity contribution in [3.63, 3.8) is 0 Å². The lowest BCUT2D eigenvalue weighted by Crippen LogP contribution is -2.59. The molecular formula is C19H27N3O2. The SMILES string of the molecule is C=CCNC(=O)C1(NC(=O)CCCc2ccccn2)CCCCC1. The first kappa shape index (κ1) is 18.2. The van der Waals surface area contributed by atoms with Crippen LogP contribution in [0.5, 0.6) is 0 Å². The van der Waals surface area contributed by atoms with E-state index >= 15 is 0 Å². The van der Waals surface area contributed by atoms with Crippen LogP contribution in [-0.4, -0.2) is 28.9 Å². The van der Waals surface area contributed by atoms with Crippen LogP contribution in [0.4, 0.5) is 0 Å². The highest BCUT2D eigenvalue weighted by Crippen LogP contribution is 2.28. The zero-order valence-electron chi connectivity index (χ0n) is 14.2. The van der Waals surface area contributed by atoms with E-state index in [-0.39, 0.29) is 11.8 Å². The van der Waals surface area contributed by atoms with Crippen molar-refractivity contribution in [2.24, 2.45) is 0 Å². The summed E-state index contributed by atoms with van der Waals surface area (Å²) >= 11 is 0. The summed E-state index contributed by atoms with van der Waals surface area (Å²) in [7, 11) is 0. The molecule has 0 saturated heterocycles. The van der Waals surface area contributed by atoms with Gasteiger partial charge in [0.05, 0.1) is 0 Å². The zero-order chi connectivity index (χ0) is 17.3. The predicted molar refractivity (Wildman–Crippen MR) is 94.3 cm³/mol. The van der Waals surface area contributed by atoms with Gasteiger partial charge in [-0.25, -0.2) is 0 Å². The fourth-order valence-electron chi connectivity index (χ4n) is 3.20. The Hall–Kier alpha value is -2.17. The lowest BCUT2D eigenvalue weighted by Gasteiger charge is -2.36. The number of amides is 2. The van der Waals surface area contributed by atoms with Crippen molar-refractivity contribution < 1.29 is 9.59 Å². The van der Waals surface area contributed by atoms with Gasteiger partial charge in [0.15, 0.2) is 0 Å². The first-order chi connectivity index (χ1) is 11.7. The number of nitrogens with one attached hydrogen (secondary N) is 2. The third-order valence-corrected chi connectivity index (χ3v) is 4.49. The molecule has 1 aliphatic carbocycles. The molecule has 1 heterocycles. The van der Waals surface area contributed by atoms with Gasteiger partial charge >= 0.3 is 0 Å². The number of hydrogen-bond donors (Lipinski definition) is 2. The fraction of sp³-hybridized carbons (Fsp3) is 0.526. The van der Waals surface area contributed by atoms with Crippen LogP contribution >= 0.6 is 0 Å². The molecule has 2 rings (SSSR count). The van der Waals surface area contributed by atoms with Crippen LogP contribution < -0.4 is 10.6 Å². The molecule has 5 heteroatoms. The van der Waals surface area contributed by atoms with Gasteiger partial charge in [0, 0.05) is 24.9 Å². The van der Waals surface area contributed by atoms with E-state index in [1.54, 1.807) is 12.3 Å². The molecule has 0 atom stereocenters. The Bertz CT molecular complexity index is 551. The van der Waals surface area contributed by atoms with Crippen molar-refractivity contribution in [3.05, 3.63) is 42.7 Å². The summed E-state index contributed by atoms with van der Waals surface area (Å²) in [4.78, 5) is 29.1. The Morgan fingerprint density at radius 3 is 2.71 bits per heavy atom. The molecule has 130 valence electrons. The maximum Gasteiger partial charge on any atom is 0.246 e. The normalized spacial score (nSPS) is 16.2. The maximum absolute atomic E-state index is 12.5. The second kappa shape index (κ2) is 9.21. The summed E-state index contributed by atoms with van der Waals surface area (Å²) in [6, 6.07) is 5.79. The van der Waals surface area contributed by atoms with Gasteiger partial charge in [-0.2, -0.15) is 0 Å². The van der Waals surface area contributed by atoms with Crippen molar-refractivity contribution in [3.8, 4) is 0 Å². The Labute approximate surface area is 143 Å². The van der Waals surface area contributed by atoms with Gasteiger partial charge in [0.1, 0.15) is 5.54 Å². The molecule has 0 spiro atoms. The lowest BCUT2D eigenvalue weighted by atomic mass is 9.80. The molecule has 2 N–H and O–H groups in total. The van der Waals surface area contributed by atoms with E-state index in [0.717, 1.165) is 37.8 Å². The van der Waals surface area contributed by atoms with Gasteiger partial charge < -0.3 is 10.6 Å². The van der Waals surface area contributed by atoms with E-state index in [9.17, 15) is 9.59 Å². The van der Waals surface area contributed by atoms with Crippen LogP contribution in [0, 0.1) is 0 Å². The van der Waals surface area contributed by atoms with Crippen LogP contribution in [0.1, 0.15) is 50.6 Å². The summed E-state index contributed by atoms with van der Waals surface area (Å²) in [6.07, 6.45) is 9.80. The van der Waals surface area contributed by atoms with Crippen molar-refractivity contribution in [1.29, 1.82) is 0 Å². The molecule has 5 nitrogen and oxygen atoms in total. The molecule has 1 saturated carbocycles. The number of pyridine rings is 1. The van der Waals surface area contributed by atoms with Gasteiger partial charge in [-0.15, -0.1) is 6.58 Å². The minimum atomic E-state index is -0.747. The highest BCUT2D eigenvalue weighted by Gasteiger charge is 2.40. The number of aryl methyl sites for hydroxylation is 1. The average molecular weight is 329 g/mol. The smallest absolute Gasteiger partial charge is 0.246 e. The van der Waals surface area contributed by atoms with Gasteiger partial charge in [0.25, 0.3) is 0 Å². The van der Waals surface area contributed by atoms with Gasteiger partial charge in [-0.3, -0.25) is 14.6 Å². The predicted octanol–water partition coefficient (Wildman–Crippen LogP) is 2.53. The second-order valence-electron chi connectivity index (χ2n) is 6.36. The lowest BCUT2D eigenvalue weighted by molar-refractivity contribution is -0.135. The second-order valence-corrected chi connectivity index (χ2v) is 6.36. The summed E-state index contributed by atoms with van der Waals surface area (Å²) in [6.45, 7) is 4.05. The fourth-order valence-corrected chi connectivity index (χ4v) is 3.20. The van der Waals surface area contributed by atoms with Crippen LogP contribution in [0.2, 0.25) is 0 Å². The van der Waals surface area contributed by atoms with Gasteiger partial charge in [-0.1, -0.05) is 31.4 Å². The molecular weight excluding hydrogens is 302 g/mol. The van der Waals surface area contributed by atoms with E-state index in [4.69, 9.17) is 0 Å². The number of nitrogens with zero attached hydrogens (tertiary/aromatic N) is 1. The van der Waals surface area contributed by atoms with E-state index in [1.165, 1.54) is 0 Å². The molecule has 0 aliphatic heterocycles. The number of hydrogen-bond acceptors (Lipinski definition) is 3. The van der Waals surface area contributed by atoms with Crippen LogP contribution in [0.25, 0.3) is 0 Å². The topological polar surface area (TPSA) is 71.1 Å². The summed E-state index contributed by atoms with van der Waals surface area (Å²) in [5.74, 6) is -0.137. The Balaban J connectivity index is 1.87. The van der Waals surface area contributed by atoms with Crippen molar-refractivity contribution in [2.45, 2.75) is 56.9 Å². The number of rotatable bonds is 8. The van der Waals surface area contributed by atoms with Crippen molar-refractivity contribution in [2.75, 3.05) is 6.54 Å². The minimum absolute atomic E-state index is 0.0541. The Morgan fingerprint density at radius 1 is 1.25 bits per heavy atom. The number of aromatic nitrogens is 1. The zero-order valence-corrected chi connectivity index (χ0v) is 14.2. The largest absolute Gasteiger partial charge is 0.351 e.